The Kier molecular flexibility index (Phi) is 5.46. The van der Waals surface area contributed by atoms with E-state index in [1.165, 1.54) is 6.92 Å². The lowest BCUT2D eigenvalue weighted by Gasteiger charge is -2.28. The van der Waals surface area contributed by atoms with Crippen molar-refractivity contribution in [3.05, 3.63) is 28.0 Å². The predicted octanol–water partition coefficient (Wildman–Crippen LogP) is 1.79. The van der Waals surface area contributed by atoms with Gasteiger partial charge in [0.25, 0.3) is 5.91 Å². The zero-order chi connectivity index (χ0) is 17.8. The second-order valence-corrected chi connectivity index (χ2v) is 5.40. The topological polar surface area (TPSA) is 135 Å². The van der Waals surface area contributed by atoms with Crippen molar-refractivity contribution in [1.82, 2.24) is 5.32 Å². The molecule has 1 aromatic heterocycles. The molecule has 0 bridgehead atoms. The van der Waals surface area contributed by atoms with Gasteiger partial charge in [0.1, 0.15) is 10.5 Å². The fraction of sp³-hybridized carbons (Fsp3) is 0.500. The Balaban J connectivity index is 2.73. The molecule has 9 heteroatoms. The monoisotopic (exact) mass is 323 g/mol. The van der Waals surface area contributed by atoms with Crippen molar-refractivity contribution in [1.29, 1.82) is 5.26 Å². The first kappa shape index (κ1) is 18.2. The van der Waals surface area contributed by atoms with Crippen molar-refractivity contribution in [3.63, 3.8) is 0 Å². The highest BCUT2D eigenvalue weighted by Crippen LogP contribution is 2.18. The molecule has 0 saturated carbocycles. The Bertz CT molecular complexity index is 660. The summed E-state index contributed by atoms with van der Waals surface area (Å²) < 4.78 is 9.57. The van der Waals surface area contributed by atoms with Gasteiger partial charge in [0, 0.05) is 0 Å². The number of nitrogens with one attached hydrogen (secondary N) is 1. The van der Waals surface area contributed by atoms with Gasteiger partial charge < -0.3 is 14.5 Å². The number of nitriles is 1. The van der Waals surface area contributed by atoms with E-state index in [0.717, 1.165) is 12.1 Å². The molecule has 23 heavy (non-hydrogen) atoms. The fourth-order valence-electron chi connectivity index (χ4n) is 1.47. The van der Waals surface area contributed by atoms with Gasteiger partial charge in [-0.25, -0.2) is 4.79 Å². The third kappa shape index (κ3) is 4.29. The summed E-state index contributed by atoms with van der Waals surface area (Å²) in [6.45, 7) is 6.41. The zero-order valence-corrected chi connectivity index (χ0v) is 13.2. The lowest BCUT2D eigenvalue weighted by Crippen LogP contribution is -2.52. The zero-order valence-electron chi connectivity index (χ0n) is 13.2. The highest BCUT2D eigenvalue weighted by atomic mass is 16.7. The van der Waals surface area contributed by atoms with Crippen LogP contribution in [0.25, 0.3) is 0 Å². The van der Waals surface area contributed by atoms with Crippen LogP contribution in [0.15, 0.2) is 16.5 Å². The van der Waals surface area contributed by atoms with Crippen LogP contribution in [0.5, 0.6) is 0 Å². The van der Waals surface area contributed by atoms with Crippen LogP contribution in [0, 0.1) is 27.4 Å². The van der Waals surface area contributed by atoms with Gasteiger partial charge in [0.05, 0.1) is 12.1 Å². The summed E-state index contributed by atoms with van der Waals surface area (Å²) in [5.41, 5.74) is -1.11. The van der Waals surface area contributed by atoms with Crippen molar-refractivity contribution in [2.45, 2.75) is 39.3 Å². The van der Waals surface area contributed by atoms with Crippen LogP contribution in [0.2, 0.25) is 0 Å². The van der Waals surface area contributed by atoms with Gasteiger partial charge in [-0.2, -0.15) is 5.26 Å². The maximum Gasteiger partial charge on any atom is 0.433 e. The maximum absolute atomic E-state index is 12.0. The fourth-order valence-corrected chi connectivity index (χ4v) is 1.47. The molecule has 1 heterocycles. The van der Waals surface area contributed by atoms with Gasteiger partial charge in [-0.15, -0.1) is 0 Å². The molecule has 9 nitrogen and oxygen atoms in total. The lowest BCUT2D eigenvalue weighted by molar-refractivity contribution is -0.402. The Hall–Kier alpha value is -2.89. The highest BCUT2D eigenvalue weighted by molar-refractivity contribution is 5.90. The van der Waals surface area contributed by atoms with Crippen molar-refractivity contribution < 1.29 is 23.7 Å². The van der Waals surface area contributed by atoms with Crippen LogP contribution < -0.4 is 5.32 Å². The van der Waals surface area contributed by atoms with Crippen LogP contribution in [-0.2, 0) is 9.53 Å². The second-order valence-electron chi connectivity index (χ2n) is 5.40. The average Bonchev–Trinajstić information content (AvgIpc) is 2.96. The molecule has 124 valence electrons. The smallest absolute Gasteiger partial charge is 0.433 e. The summed E-state index contributed by atoms with van der Waals surface area (Å²) >= 11 is 0. The van der Waals surface area contributed by atoms with E-state index in [-0.39, 0.29) is 11.7 Å². The van der Waals surface area contributed by atoms with Crippen molar-refractivity contribution >= 4 is 17.8 Å². The van der Waals surface area contributed by atoms with E-state index < -0.39 is 34.3 Å². The van der Waals surface area contributed by atoms with Crippen LogP contribution in [-0.4, -0.2) is 28.4 Å². The van der Waals surface area contributed by atoms with Gasteiger partial charge in [-0.3, -0.25) is 14.9 Å². The molecule has 0 aliphatic carbocycles. The number of carbonyl (C=O) groups excluding carboxylic acids is 2. The standard InChI is InChI=1S/C14H17N3O6/c1-8(2)14(4,7-15)16-12(18)9(3)22-13(19)10-5-6-11(23-10)17(20)21/h5-6,8-9H,1-4H3,(H,16,18). The molecule has 2 unspecified atom stereocenters. The first-order chi connectivity index (χ1) is 10.6. The molecule has 0 aliphatic rings. The van der Waals surface area contributed by atoms with Gasteiger partial charge in [-0.1, -0.05) is 13.8 Å². The van der Waals surface area contributed by atoms with Crippen molar-refractivity contribution in [3.8, 4) is 6.07 Å². The molecule has 1 rings (SSSR count). The van der Waals surface area contributed by atoms with E-state index in [9.17, 15) is 19.7 Å². The molecule has 0 saturated heterocycles. The third-order valence-corrected chi connectivity index (χ3v) is 3.40. The Morgan fingerprint density at radius 2 is 2.04 bits per heavy atom. The number of furan rings is 1. The van der Waals surface area contributed by atoms with Crippen LogP contribution in [0.3, 0.4) is 0 Å². The van der Waals surface area contributed by atoms with Crippen LogP contribution in [0.1, 0.15) is 38.2 Å². The normalized spacial score (nSPS) is 14.4. The number of nitro groups is 1. The van der Waals surface area contributed by atoms with E-state index in [2.05, 4.69) is 5.32 Å². The molecule has 0 aromatic carbocycles. The van der Waals surface area contributed by atoms with E-state index in [4.69, 9.17) is 14.4 Å². The highest BCUT2D eigenvalue weighted by Gasteiger charge is 2.33. The van der Waals surface area contributed by atoms with E-state index >= 15 is 0 Å². The van der Waals surface area contributed by atoms with E-state index in [1.54, 1.807) is 20.8 Å². The molecule has 0 spiro atoms. The van der Waals surface area contributed by atoms with E-state index in [0.29, 0.717) is 0 Å². The first-order valence-electron chi connectivity index (χ1n) is 6.79. The Morgan fingerprint density at radius 1 is 1.43 bits per heavy atom. The summed E-state index contributed by atoms with van der Waals surface area (Å²) in [6, 6.07) is 4.09. The minimum absolute atomic E-state index is 0.160. The number of nitrogens with zero attached hydrogens (tertiary/aromatic N) is 2. The van der Waals surface area contributed by atoms with E-state index in [1.807, 2.05) is 6.07 Å². The molecule has 0 radical (unpaired) electrons. The van der Waals surface area contributed by atoms with Crippen molar-refractivity contribution in [2.24, 2.45) is 5.92 Å². The molecule has 0 fully saturated rings. The summed E-state index contributed by atoms with van der Waals surface area (Å²) in [7, 11) is 0. The minimum atomic E-state index is -1.20. The molecular weight excluding hydrogens is 306 g/mol. The SMILES string of the molecule is CC(OC(=O)c1ccc([N+](=O)[O-])o1)C(=O)NC(C)(C#N)C(C)C. The second kappa shape index (κ2) is 6.91. The number of rotatable bonds is 6. The summed E-state index contributed by atoms with van der Waals surface area (Å²) in [4.78, 5) is 33.5. The third-order valence-electron chi connectivity index (χ3n) is 3.40. The largest absolute Gasteiger partial charge is 0.447 e. The summed E-state index contributed by atoms with van der Waals surface area (Å²) in [6.07, 6.45) is -1.20. The Morgan fingerprint density at radius 3 is 2.48 bits per heavy atom. The molecular formula is C14H17N3O6. The van der Waals surface area contributed by atoms with Gasteiger partial charge >= 0.3 is 11.9 Å². The van der Waals surface area contributed by atoms with Gasteiger partial charge in [0.15, 0.2) is 6.10 Å². The maximum atomic E-state index is 12.0. The first-order valence-corrected chi connectivity index (χ1v) is 6.79. The number of carbonyl (C=O) groups is 2. The summed E-state index contributed by atoms with van der Waals surface area (Å²) in [5, 5.41) is 22.1. The number of hydrogen-bond acceptors (Lipinski definition) is 7. The quantitative estimate of drug-likeness (QED) is 0.478. The summed E-state index contributed by atoms with van der Waals surface area (Å²) in [5.74, 6) is -2.82. The van der Waals surface area contributed by atoms with Gasteiger partial charge in [0.2, 0.25) is 5.76 Å². The Labute approximate surface area is 132 Å². The predicted molar refractivity (Wildman–Crippen MR) is 77.2 cm³/mol. The van der Waals surface area contributed by atoms with Crippen molar-refractivity contribution in [2.75, 3.05) is 0 Å². The lowest BCUT2D eigenvalue weighted by atomic mass is 9.90. The van der Waals surface area contributed by atoms with Gasteiger partial charge in [-0.05, 0) is 25.8 Å². The van der Waals surface area contributed by atoms with Crippen LogP contribution >= 0.6 is 0 Å². The number of amides is 1. The molecule has 1 amide bonds. The average molecular weight is 323 g/mol. The number of esters is 1. The molecule has 2 atom stereocenters. The number of ether oxygens (including phenoxy) is 1. The molecule has 0 aliphatic heterocycles. The number of hydrogen-bond donors (Lipinski definition) is 1. The molecule has 1 N–H and O–H groups in total. The minimum Gasteiger partial charge on any atom is -0.447 e. The molecule has 1 aromatic rings. The van der Waals surface area contributed by atoms with Crippen LogP contribution in [0.4, 0.5) is 5.88 Å².